The minimum Gasteiger partial charge on any atom is -0.360 e. The molecule has 0 bridgehead atoms. The molecule has 0 radical (unpaired) electrons. The van der Waals surface area contributed by atoms with E-state index < -0.39 is 53.7 Å². The van der Waals surface area contributed by atoms with Crippen LogP contribution in [0.15, 0.2) is 10.6 Å². The fourth-order valence-corrected chi connectivity index (χ4v) is 3.91. The molecular weight excluding hydrogens is 481 g/mol. The third kappa shape index (κ3) is 6.85. The third-order valence-corrected chi connectivity index (χ3v) is 6.07. The van der Waals surface area contributed by atoms with Crippen molar-refractivity contribution in [2.45, 2.75) is 91.0 Å². The van der Waals surface area contributed by atoms with Crippen LogP contribution in [0.25, 0.3) is 0 Å². The molecule has 1 fully saturated rings. The number of alkyl halides is 3. The van der Waals surface area contributed by atoms with Crippen molar-refractivity contribution < 1.29 is 36.9 Å². The van der Waals surface area contributed by atoms with Gasteiger partial charge in [-0.15, -0.1) is 0 Å². The van der Waals surface area contributed by atoms with Crippen molar-refractivity contribution >= 4 is 23.5 Å². The van der Waals surface area contributed by atoms with E-state index in [2.05, 4.69) is 15.8 Å². The number of nitrogens with zero attached hydrogens (tertiary/aromatic N) is 2. The molecule has 3 atom stereocenters. The fraction of sp³-hybridized carbons (Fsp3) is 0.708. The molecule has 1 saturated heterocycles. The molecule has 12 heteroatoms. The van der Waals surface area contributed by atoms with Crippen molar-refractivity contribution in [2.24, 2.45) is 11.8 Å². The molecule has 2 rings (SSSR count). The first-order chi connectivity index (χ1) is 16.4. The van der Waals surface area contributed by atoms with Crippen molar-refractivity contribution in [2.75, 3.05) is 6.54 Å². The van der Waals surface area contributed by atoms with E-state index in [0.717, 1.165) is 0 Å². The lowest BCUT2D eigenvalue weighted by molar-refractivity contribution is -0.175. The standard InChI is InChI=1S/C24H35F3N4O5/c1-12(2)17(19(32)24(25,26)27)28-21(34)15-9-8-10-31(15)22(35)18(13(3)4)29-20(33)14-11-16(36-30-14)23(5,6)7/h11-13,15,17-18H,8-10H2,1-7H3,(H,28,34)(H,29,33)/t15-,17-,18-/m0/s1. The molecule has 1 aliphatic rings. The Morgan fingerprint density at radius 2 is 1.61 bits per heavy atom. The van der Waals surface area contributed by atoms with E-state index in [-0.39, 0.29) is 30.0 Å². The van der Waals surface area contributed by atoms with Gasteiger partial charge in [0.25, 0.3) is 11.7 Å². The van der Waals surface area contributed by atoms with Gasteiger partial charge < -0.3 is 20.1 Å². The number of carbonyl (C=O) groups excluding carboxylic acids is 4. The molecule has 1 aromatic rings. The number of nitrogens with one attached hydrogen (secondary N) is 2. The van der Waals surface area contributed by atoms with E-state index in [1.807, 2.05) is 20.8 Å². The second-order valence-corrected chi connectivity index (χ2v) is 10.8. The van der Waals surface area contributed by atoms with Crippen LogP contribution in [0, 0.1) is 11.8 Å². The van der Waals surface area contributed by atoms with Crippen LogP contribution in [0.1, 0.15) is 77.6 Å². The molecule has 9 nitrogen and oxygen atoms in total. The van der Waals surface area contributed by atoms with E-state index in [4.69, 9.17) is 4.52 Å². The lowest BCUT2D eigenvalue weighted by Crippen LogP contribution is -2.58. The largest absolute Gasteiger partial charge is 0.452 e. The SMILES string of the molecule is CC(C)[C@H](NC(=O)c1cc(C(C)(C)C)on1)C(=O)N1CCC[C@H]1C(=O)N[C@H](C(=O)C(F)(F)F)C(C)C. The summed E-state index contributed by atoms with van der Waals surface area (Å²) in [7, 11) is 0. The number of halogens is 3. The zero-order valence-electron chi connectivity index (χ0n) is 21.7. The minimum absolute atomic E-state index is 0.000437. The van der Waals surface area contributed by atoms with Crippen LogP contribution in [0.5, 0.6) is 0 Å². The zero-order chi connectivity index (χ0) is 27.6. The number of aromatic nitrogens is 1. The topological polar surface area (TPSA) is 122 Å². The lowest BCUT2D eigenvalue weighted by Gasteiger charge is -2.31. The summed E-state index contributed by atoms with van der Waals surface area (Å²) in [5.41, 5.74) is -0.379. The Bertz CT molecular complexity index is 981. The van der Waals surface area contributed by atoms with E-state index in [1.165, 1.54) is 24.8 Å². The summed E-state index contributed by atoms with van der Waals surface area (Å²) in [6.07, 6.45) is -4.44. The first kappa shape index (κ1) is 29.3. The molecule has 2 N–H and O–H groups in total. The summed E-state index contributed by atoms with van der Waals surface area (Å²) in [4.78, 5) is 52.1. The highest BCUT2D eigenvalue weighted by molar-refractivity contribution is 5.98. The molecule has 0 aromatic carbocycles. The van der Waals surface area contributed by atoms with Gasteiger partial charge in [-0.1, -0.05) is 53.6 Å². The van der Waals surface area contributed by atoms with Gasteiger partial charge in [0.05, 0.1) is 6.04 Å². The normalized spacial score (nSPS) is 18.3. The van der Waals surface area contributed by atoms with Gasteiger partial charge in [0, 0.05) is 18.0 Å². The van der Waals surface area contributed by atoms with E-state index in [9.17, 15) is 32.3 Å². The van der Waals surface area contributed by atoms with E-state index in [0.29, 0.717) is 12.2 Å². The van der Waals surface area contributed by atoms with Crippen LogP contribution in [0.2, 0.25) is 0 Å². The van der Waals surface area contributed by atoms with Gasteiger partial charge in [0.1, 0.15) is 17.8 Å². The maximum absolute atomic E-state index is 13.4. The monoisotopic (exact) mass is 516 g/mol. The van der Waals surface area contributed by atoms with Crippen LogP contribution < -0.4 is 10.6 Å². The highest BCUT2D eigenvalue weighted by atomic mass is 19.4. The Labute approximate surface area is 208 Å². The summed E-state index contributed by atoms with van der Waals surface area (Å²) < 4.78 is 44.2. The molecular formula is C24H35F3N4O5. The Kier molecular flexibility index (Phi) is 8.96. The summed E-state index contributed by atoms with van der Waals surface area (Å²) in [6, 6.07) is -2.34. The number of ketones is 1. The maximum Gasteiger partial charge on any atom is 0.452 e. The van der Waals surface area contributed by atoms with Crippen LogP contribution in [0.4, 0.5) is 13.2 Å². The highest BCUT2D eigenvalue weighted by Gasteiger charge is 2.46. The number of rotatable bonds is 8. The Morgan fingerprint density at radius 1 is 1.03 bits per heavy atom. The minimum atomic E-state index is -5.10. The second-order valence-electron chi connectivity index (χ2n) is 10.8. The van der Waals surface area contributed by atoms with E-state index >= 15 is 0 Å². The molecule has 0 unspecified atom stereocenters. The highest BCUT2D eigenvalue weighted by Crippen LogP contribution is 2.25. The molecule has 202 valence electrons. The third-order valence-electron chi connectivity index (χ3n) is 6.07. The predicted octanol–water partition coefficient (Wildman–Crippen LogP) is 2.99. The summed E-state index contributed by atoms with van der Waals surface area (Å²) in [6.45, 7) is 12.1. The number of hydrogen-bond donors (Lipinski definition) is 2. The number of carbonyl (C=O) groups is 4. The number of amides is 3. The molecule has 1 aliphatic heterocycles. The van der Waals surface area contributed by atoms with Gasteiger partial charge in [-0.05, 0) is 24.7 Å². The summed E-state index contributed by atoms with van der Waals surface area (Å²) >= 11 is 0. The Balaban J connectivity index is 2.18. The van der Waals surface area contributed by atoms with Crippen molar-refractivity contribution in [3.8, 4) is 0 Å². The molecule has 0 aliphatic carbocycles. The summed E-state index contributed by atoms with van der Waals surface area (Å²) in [5, 5.41) is 8.61. The first-order valence-corrected chi connectivity index (χ1v) is 11.9. The van der Waals surface area contributed by atoms with Crippen molar-refractivity contribution in [3.63, 3.8) is 0 Å². The van der Waals surface area contributed by atoms with Crippen LogP contribution in [-0.4, -0.2) is 64.4 Å². The van der Waals surface area contributed by atoms with Gasteiger partial charge in [-0.25, -0.2) is 0 Å². The van der Waals surface area contributed by atoms with Gasteiger partial charge in [0.2, 0.25) is 11.8 Å². The number of likely N-dealkylation sites (tertiary alicyclic amines) is 1. The van der Waals surface area contributed by atoms with Gasteiger partial charge in [-0.2, -0.15) is 13.2 Å². The number of hydrogen-bond acceptors (Lipinski definition) is 6. The van der Waals surface area contributed by atoms with Crippen molar-refractivity contribution in [1.29, 1.82) is 0 Å². The predicted molar refractivity (Wildman–Crippen MR) is 124 cm³/mol. The van der Waals surface area contributed by atoms with E-state index in [1.54, 1.807) is 13.8 Å². The average molecular weight is 517 g/mol. The molecule has 0 saturated carbocycles. The van der Waals surface area contributed by atoms with Gasteiger partial charge in [-0.3, -0.25) is 19.2 Å². The fourth-order valence-electron chi connectivity index (χ4n) is 3.91. The van der Waals surface area contributed by atoms with Crippen molar-refractivity contribution in [1.82, 2.24) is 20.7 Å². The summed E-state index contributed by atoms with van der Waals surface area (Å²) in [5.74, 6) is -4.74. The number of Topliss-reactive ketones (excluding diaryl/α,β-unsaturated/α-hetero) is 1. The van der Waals surface area contributed by atoms with Gasteiger partial charge in [0.15, 0.2) is 5.69 Å². The quantitative estimate of drug-likeness (QED) is 0.548. The molecule has 1 aromatic heterocycles. The first-order valence-electron chi connectivity index (χ1n) is 11.9. The maximum atomic E-state index is 13.4. The second kappa shape index (κ2) is 11.0. The lowest BCUT2D eigenvalue weighted by atomic mass is 9.93. The molecule has 3 amide bonds. The molecule has 2 heterocycles. The Morgan fingerprint density at radius 3 is 2.08 bits per heavy atom. The average Bonchev–Trinajstić information content (AvgIpc) is 3.43. The molecule has 0 spiro atoms. The van der Waals surface area contributed by atoms with Crippen LogP contribution >= 0.6 is 0 Å². The Hall–Kier alpha value is -2.92. The van der Waals surface area contributed by atoms with Crippen LogP contribution in [-0.2, 0) is 19.8 Å². The van der Waals surface area contributed by atoms with Crippen molar-refractivity contribution in [3.05, 3.63) is 17.5 Å². The van der Waals surface area contributed by atoms with Gasteiger partial charge >= 0.3 is 6.18 Å². The molecule has 36 heavy (non-hydrogen) atoms. The smallest absolute Gasteiger partial charge is 0.360 e. The van der Waals surface area contributed by atoms with Crippen LogP contribution in [0.3, 0.4) is 0 Å². The zero-order valence-corrected chi connectivity index (χ0v) is 21.7.